The van der Waals surface area contributed by atoms with Crippen molar-refractivity contribution in [2.75, 3.05) is 18.4 Å². The van der Waals surface area contributed by atoms with Crippen molar-refractivity contribution in [3.63, 3.8) is 0 Å². The van der Waals surface area contributed by atoms with Crippen LogP contribution in [0.5, 0.6) is 0 Å². The van der Waals surface area contributed by atoms with Gasteiger partial charge >= 0.3 is 0 Å². The summed E-state index contributed by atoms with van der Waals surface area (Å²) < 4.78 is 1.11. The van der Waals surface area contributed by atoms with Gasteiger partial charge in [0.15, 0.2) is 0 Å². The normalized spacial score (nSPS) is 11.5. The molecule has 3 heteroatoms. The molecule has 1 rings (SSSR count). The van der Waals surface area contributed by atoms with Crippen molar-refractivity contribution in [3.05, 3.63) is 28.7 Å². The van der Waals surface area contributed by atoms with Crippen LogP contribution in [0.15, 0.2) is 28.7 Å². The third-order valence-corrected chi connectivity index (χ3v) is 3.06. The van der Waals surface area contributed by atoms with Crippen LogP contribution in [0.1, 0.15) is 20.3 Å². The van der Waals surface area contributed by atoms with Gasteiger partial charge in [0.1, 0.15) is 0 Å². The monoisotopic (exact) mass is 270 g/mol. The highest BCUT2D eigenvalue weighted by Gasteiger charge is 2.14. The predicted molar refractivity (Wildman–Crippen MR) is 70.1 cm³/mol. The van der Waals surface area contributed by atoms with Gasteiger partial charge in [0.25, 0.3) is 0 Å². The maximum atomic E-state index is 5.67. The Balaban J connectivity index is 2.35. The largest absolute Gasteiger partial charge is 0.385 e. The van der Waals surface area contributed by atoms with Crippen LogP contribution >= 0.6 is 15.9 Å². The lowest BCUT2D eigenvalue weighted by Crippen LogP contribution is -2.26. The number of nitrogens with two attached hydrogens (primary N) is 1. The first-order valence-corrected chi connectivity index (χ1v) is 6.02. The standard InChI is InChI=1S/C12H19BrN2/c1-12(2,9-14)7-8-15-11-5-3-10(13)4-6-11/h3-6,15H,7-9,14H2,1-2H3. The summed E-state index contributed by atoms with van der Waals surface area (Å²) in [6, 6.07) is 8.21. The van der Waals surface area contributed by atoms with Gasteiger partial charge in [0.05, 0.1) is 0 Å². The minimum Gasteiger partial charge on any atom is -0.385 e. The van der Waals surface area contributed by atoms with Crippen molar-refractivity contribution in [1.29, 1.82) is 0 Å². The van der Waals surface area contributed by atoms with Crippen molar-refractivity contribution in [1.82, 2.24) is 0 Å². The van der Waals surface area contributed by atoms with Crippen LogP contribution in [0.4, 0.5) is 5.69 Å². The molecule has 15 heavy (non-hydrogen) atoms. The van der Waals surface area contributed by atoms with Crippen LogP contribution in [0.2, 0.25) is 0 Å². The van der Waals surface area contributed by atoms with E-state index in [1.807, 2.05) is 12.1 Å². The summed E-state index contributed by atoms with van der Waals surface area (Å²) in [5.74, 6) is 0. The molecule has 2 nitrogen and oxygen atoms in total. The highest BCUT2D eigenvalue weighted by atomic mass is 79.9. The molecule has 84 valence electrons. The van der Waals surface area contributed by atoms with Gasteiger partial charge in [0, 0.05) is 16.7 Å². The average molecular weight is 271 g/mol. The minimum atomic E-state index is 0.225. The van der Waals surface area contributed by atoms with Crippen LogP contribution in [0.25, 0.3) is 0 Å². The number of rotatable bonds is 5. The Morgan fingerprint density at radius 2 is 1.87 bits per heavy atom. The molecule has 0 fully saturated rings. The number of hydrogen-bond acceptors (Lipinski definition) is 2. The lowest BCUT2D eigenvalue weighted by atomic mass is 9.90. The van der Waals surface area contributed by atoms with Crippen LogP contribution in [0, 0.1) is 5.41 Å². The zero-order valence-electron chi connectivity index (χ0n) is 9.39. The molecular weight excluding hydrogens is 252 g/mol. The fourth-order valence-electron chi connectivity index (χ4n) is 1.22. The van der Waals surface area contributed by atoms with Crippen molar-refractivity contribution < 1.29 is 0 Å². The second-order valence-corrected chi connectivity index (χ2v) is 5.47. The van der Waals surface area contributed by atoms with Crippen LogP contribution in [-0.2, 0) is 0 Å². The molecule has 3 N–H and O–H groups in total. The quantitative estimate of drug-likeness (QED) is 0.862. The number of halogens is 1. The summed E-state index contributed by atoms with van der Waals surface area (Å²) in [5, 5.41) is 3.39. The maximum absolute atomic E-state index is 5.67. The first-order chi connectivity index (χ1) is 7.03. The molecule has 0 bridgehead atoms. The molecule has 0 aromatic heterocycles. The van der Waals surface area contributed by atoms with Crippen molar-refractivity contribution in [3.8, 4) is 0 Å². The van der Waals surface area contributed by atoms with Crippen molar-refractivity contribution >= 4 is 21.6 Å². The van der Waals surface area contributed by atoms with Gasteiger partial charge in [-0.2, -0.15) is 0 Å². The molecule has 0 amide bonds. The van der Waals surface area contributed by atoms with Gasteiger partial charge in [-0.15, -0.1) is 0 Å². The molecule has 0 unspecified atom stereocenters. The summed E-state index contributed by atoms with van der Waals surface area (Å²) in [5.41, 5.74) is 7.05. The van der Waals surface area contributed by atoms with E-state index in [2.05, 4.69) is 47.2 Å². The third-order valence-electron chi connectivity index (χ3n) is 2.53. The second-order valence-electron chi connectivity index (χ2n) is 4.55. The summed E-state index contributed by atoms with van der Waals surface area (Å²) in [6.45, 7) is 6.08. The zero-order valence-corrected chi connectivity index (χ0v) is 11.0. The predicted octanol–water partition coefficient (Wildman–Crippen LogP) is 3.24. The molecule has 0 aliphatic heterocycles. The van der Waals surface area contributed by atoms with Gasteiger partial charge in [0.2, 0.25) is 0 Å². The van der Waals surface area contributed by atoms with E-state index in [4.69, 9.17) is 5.73 Å². The second kappa shape index (κ2) is 5.52. The molecule has 0 saturated carbocycles. The molecule has 0 atom stereocenters. The van der Waals surface area contributed by atoms with Crippen LogP contribution < -0.4 is 11.1 Å². The smallest absolute Gasteiger partial charge is 0.0340 e. The molecule has 1 aromatic rings. The lowest BCUT2D eigenvalue weighted by Gasteiger charge is -2.22. The number of anilines is 1. The topological polar surface area (TPSA) is 38.0 Å². The van der Waals surface area contributed by atoms with E-state index in [9.17, 15) is 0 Å². The highest BCUT2D eigenvalue weighted by Crippen LogP contribution is 2.19. The third kappa shape index (κ3) is 4.67. The van der Waals surface area contributed by atoms with E-state index < -0.39 is 0 Å². The first-order valence-electron chi connectivity index (χ1n) is 5.23. The van der Waals surface area contributed by atoms with E-state index in [0.29, 0.717) is 0 Å². The molecule has 0 heterocycles. The minimum absolute atomic E-state index is 0.225. The lowest BCUT2D eigenvalue weighted by molar-refractivity contribution is 0.358. The molecule has 0 radical (unpaired) electrons. The molecule has 0 saturated heterocycles. The van der Waals surface area contributed by atoms with E-state index >= 15 is 0 Å². The van der Waals surface area contributed by atoms with Gasteiger partial charge in [-0.3, -0.25) is 0 Å². The fourth-order valence-corrected chi connectivity index (χ4v) is 1.48. The summed E-state index contributed by atoms with van der Waals surface area (Å²) >= 11 is 3.41. The van der Waals surface area contributed by atoms with E-state index in [-0.39, 0.29) is 5.41 Å². The Kier molecular flexibility index (Phi) is 4.61. The fraction of sp³-hybridized carbons (Fsp3) is 0.500. The number of hydrogen-bond donors (Lipinski definition) is 2. The maximum Gasteiger partial charge on any atom is 0.0340 e. The Labute approximate surface area is 100 Å². The summed E-state index contributed by atoms with van der Waals surface area (Å²) in [4.78, 5) is 0. The van der Waals surface area contributed by atoms with Gasteiger partial charge in [-0.1, -0.05) is 29.8 Å². The van der Waals surface area contributed by atoms with Crippen molar-refractivity contribution in [2.24, 2.45) is 11.1 Å². The van der Waals surface area contributed by atoms with E-state index in [1.165, 1.54) is 0 Å². The van der Waals surface area contributed by atoms with Crippen molar-refractivity contribution in [2.45, 2.75) is 20.3 Å². The SMILES string of the molecule is CC(C)(CN)CCNc1ccc(Br)cc1. The Morgan fingerprint density at radius 3 is 2.40 bits per heavy atom. The zero-order chi connectivity index (χ0) is 11.3. The van der Waals surface area contributed by atoms with Gasteiger partial charge < -0.3 is 11.1 Å². The Hall–Kier alpha value is -0.540. The Bertz CT molecular complexity index is 293. The van der Waals surface area contributed by atoms with Gasteiger partial charge in [-0.25, -0.2) is 0 Å². The molecular formula is C12H19BrN2. The van der Waals surface area contributed by atoms with E-state index in [0.717, 1.165) is 29.7 Å². The van der Waals surface area contributed by atoms with Gasteiger partial charge in [-0.05, 0) is 42.6 Å². The van der Waals surface area contributed by atoms with E-state index in [1.54, 1.807) is 0 Å². The molecule has 0 spiro atoms. The van der Waals surface area contributed by atoms with Crippen LogP contribution in [0.3, 0.4) is 0 Å². The highest BCUT2D eigenvalue weighted by molar-refractivity contribution is 9.10. The van der Waals surface area contributed by atoms with Crippen LogP contribution in [-0.4, -0.2) is 13.1 Å². The average Bonchev–Trinajstić information content (AvgIpc) is 2.21. The molecule has 0 aliphatic rings. The summed E-state index contributed by atoms with van der Waals surface area (Å²) in [7, 11) is 0. The first kappa shape index (κ1) is 12.5. The molecule has 0 aliphatic carbocycles. The number of nitrogens with one attached hydrogen (secondary N) is 1. The molecule has 1 aromatic carbocycles. The Morgan fingerprint density at radius 1 is 1.27 bits per heavy atom. The number of benzene rings is 1. The summed E-state index contributed by atoms with van der Waals surface area (Å²) in [6.07, 6.45) is 1.08.